The smallest absolute Gasteiger partial charge is 0.123 e. The molecule has 0 aliphatic carbocycles. The van der Waals surface area contributed by atoms with Crippen LogP contribution in [0.15, 0.2) is 36.9 Å². The predicted molar refractivity (Wildman–Crippen MR) is 75.4 cm³/mol. The van der Waals surface area contributed by atoms with Gasteiger partial charge in [0.2, 0.25) is 0 Å². The van der Waals surface area contributed by atoms with Crippen LogP contribution < -0.4 is 10.6 Å². The van der Waals surface area contributed by atoms with E-state index in [1.165, 1.54) is 19.4 Å². The fourth-order valence-electron chi connectivity index (χ4n) is 2.47. The van der Waals surface area contributed by atoms with E-state index in [4.69, 9.17) is 0 Å². The Bertz CT molecular complexity index is 502. The number of hydrogen-bond acceptors (Lipinski definition) is 4. The number of anilines is 1. The lowest BCUT2D eigenvalue weighted by Crippen LogP contribution is -2.33. The first-order chi connectivity index (χ1) is 9.42. The molecule has 0 spiro atoms. The summed E-state index contributed by atoms with van der Waals surface area (Å²) in [5, 5.41) is 14.6. The number of hydrogen-bond donors (Lipinski definition) is 2. The predicted octanol–water partition coefficient (Wildman–Crippen LogP) is 1.68. The van der Waals surface area contributed by atoms with E-state index in [9.17, 15) is 0 Å². The van der Waals surface area contributed by atoms with Crippen molar-refractivity contribution in [3.8, 4) is 5.69 Å². The number of benzene rings is 1. The molecule has 1 aliphatic heterocycles. The molecule has 2 heterocycles. The van der Waals surface area contributed by atoms with Crippen molar-refractivity contribution in [3.63, 3.8) is 0 Å². The van der Waals surface area contributed by atoms with Gasteiger partial charge in [0.25, 0.3) is 0 Å². The van der Waals surface area contributed by atoms with Gasteiger partial charge in [-0.3, -0.25) is 4.57 Å². The second kappa shape index (κ2) is 5.84. The number of nitrogens with one attached hydrogen (secondary N) is 2. The van der Waals surface area contributed by atoms with Gasteiger partial charge in [-0.1, -0.05) is 6.07 Å². The fraction of sp³-hybridized carbons (Fsp3) is 0.429. The van der Waals surface area contributed by atoms with Crippen molar-refractivity contribution in [1.29, 1.82) is 0 Å². The van der Waals surface area contributed by atoms with Crippen LogP contribution in [0.3, 0.4) is 0 Å². The maximum Gasteiger partial charge on any atom is 0.123 e. The van der Waals surface area contributed by atoms with Crippen molar-refractivity contribution < 1.29 is 0 Å². The molecule has 3 rings (SSSR count). The number of piperidine rings is 1. The van der Waals surface area contributed by atoms with Crippen molar-refractivity contribution >= 4 is 5.69 Å². The van der Waals surface area contributed by atoms with Crippen LogP contribution >= 0.6 is 0 Å². The Kier molecular flexibility index (Phi) is 3.74. The molecule has 0 saturated carbocycles. The third-order valence-electron chi connectivity index (χ3n) is 3.56. The monoisotopic (exact) mass is 257 g/mol. The number of nitrogens with zero attached hydrogens (tertiary/aromatic N) is 3. The molecular weight excluding hydrogens is 238 g/mol. The highest BCUT2D eigenvalue weighted by Gasteiger charge is 2.12. The SMILES string of the molecule is c1cc(NCC2CCCNC2)cc(-n2cnnc2)c1. The third kappa shape index (κ3) is 3.12. The molecule has 5 nitrogen and oxygen atoms in total. The molecular formula is C14H19N5. The summed E-state index contributed by atoms with van der Waals surface area (Å²) in [5.41, 5.74) is 2.23. The normalized spacial score (nSPS) is 19.3. The van der Waals surface area contributed by atoms with E-state index in [1.807, 2.05) is 4.57 Å². The average molecular weight is 257 g/mol. The highest BCUT2D eigenvalue weighted by Crippen LogP contribution is 2.16. The maximum absolute atomic E-state index is 3.83. The van der Waals surface area contributed by atoms with Gasteiger partial charge in [-0.05, 0) is 50.0 Å². The van der Waals surface area contributed by atoms with Crippen LogP contribution in [0, 0.1) is 5.92 Å². The Morgan fingerprint density at radius 2 is 2.21 bits per heavy atom. The second-order valence-corrected chi connectivity index (χ2v) is 5.01. The molecule has 100 valence electrons. The minimum Gasteiger partial charge on any atom is -0.385 e. The van der Waals surface area contributed by atoms with Gasteiger partial charge in [-0.15, -0.1) is 10.2 Å². The minimum atomic E-state index is 0.729. The van der Waals surface area contributed by atoms with E-state index in [1.54, 1.807) is 12.7 Å². The van der Waals surface area contributed by atoms with E-state index < -0.39 is 0 Å². The lowest BCUT2D eigenvalue weighted by atomic mass is 10.00. The van der Waals surface area contributed by atoms with Crippen LogP contribution in [0.4, 0.5) is 5.69 Å². The molecule has 1 fully saturated rings. The Labute approximate surface area is 113 Å². The van der Waals surface area contributed by atoms with Gasteiger partial charge in [-0.25, -0.2) is 0 Å². The second-order valence-electron chi connectivity index (χ2n) is 5.01. The van der Waals surface area contributed by atoms with Crippen molar-refractivity contribution in [3.05, 3.63) is 36.9 Å². The van der Waals surface area contributed by atoms with Crippen LogP contribution in [0.5, 0.6) is 0 Å². The Hall–Kier alpha value is -1.88. The summed E-state index contributed by atoms with van der Waals surface area (Å²) < 4.78 is 1.91. The summed E-state index contributed by atoms with van der Waals surface area (Å²) in [6, 6.07) is 8.33. The standard InChI is InChI=1S/C14H19N5/c1-4-13(16-9-12-3-2-6-15-8-12)7-14(5-1)19-10-17-18-11-19/h1,4-5,7,10-12,15-16H,2-3,6,8-9H2. The molecule has 0 amide bonds. The maximum atomic E-state index is 3.83. The van der Waals surface area contributed by atoms with E-state index in [-0.39, 0.29) is 0 Å². The Morgan fingerprint density at radius 1 is 1.32 bits per heavy atom. The molecule has 1 aliphatic rings. The van der Waals surface area contributed by atoms with Crippen molar-refractivity contribution in [2.24, 2.45) is 5.92 Å². The van der Waals surface area contributed by atoms with Crippen LogP contribution in [0.2, 0.25) is 0 Å². The first-order valence-corrected chi connectivity index (χ1v) is 6.81. The van der Waals surface area contributed by atoms with Crippen molar-refractivity contribution in [1.82, 2.24) is 20.1 Å². The molecule has 1 saturated heterocycles. The molecule has 2 aromatic rings. The molecule has 1 aromatic heterocycles. The summed E-state index contributed by atoms with van der Waals surface area (Å²) in [4.78, 5) is 0. The molecule has 5 heteroatoms. The van der Waals surface area contributed by atoms with Crippen LogP contribution in [0.1, 0.15) is 12.8 Å². The highest BCUT2D eigenvalue weighted by molar-refractivity contribution is 5.51. The van der Waals surface area contributed by atoms with E-state index in [0.717, 1.165) is 30.4 Å². The largest absolute Gasteiger partial charge is 0.385 e. The Morgan fingerprint density at radius 3 is 3.00 bits per heavy atom. The third-order valence-corrected chi connectivity index (χ3v) is 3.56. The van der Waals surface area contributed by atoms with Gasteiger partial charge < -0.3 is 10.6 Å². The Balaban J connectivity index is 1.63. The van der Waals surface area contributed by atoms with Crippen LogP contribution in [-0.4, -0.2) is 34.4 Å². The number of rotatable bonds is 4. The van der Waals surface area contributed by atoms with Crippen molar-refractivity contribution in [2.45, 2.75) is 12.8 Å². The summed E-state index contributed by atoms with van der Waals surface area (Å²) >= 11 is 0. The molecule has 1 aromatic carbocycles. The van der Waals surface area contributed by atoms with Gasteiger partial charge in [-0.2, -0.15) is 0 Å². The van der Waals surface area contributed by atoms with Crippen LogP contribution in [-0.2, 0) is 0 Å². The summed E-state index contributed by atoms with van der Waals surface area (Å²) in [6.07, 6.45) is 6.02. The van der Waals surface area contributed by atoms with Gasteiger partial charge in [0.05, 0.1) is 5.69 Å². The summed E-state index contributed by atoms with van der Waals surface area (Å²) in [5.74, 6) is 0.729. The van der Waals surface area contributed by atoms with Gasteiger partial charge in [0.15, 0.2) is 0 Å². The highest BCUT2D eigenvalue weighted by atomic mass is 15.2. The first kappa shape index (κ1) is 12.2. The zero-order valence-corrected chi connectivity index (χ0v) is 10.9. The van der Waals surface area contributed by atoms with Gasteiger partial charge in [0, 0.05) is 12.2 Å². The van der Waals surface area contributed by atoms with Gasteiger partial charge in [0.1, 0.15) is 12.7 Å². The molecule has 0 bridgehead atoms. The fourth-order valence-corrected chi connectivity index (χ4v) is 2.47. The van der Waals surface area contributed by atoms with Crippen molar-refractivity contribution in [2.75, 3.05) is 25.0 Å². The van der Waals surface area contributed by atoms with Crippen LogP contribution in [0.25, 0.3) is 5.69 Å². The molecule has 19 heavy (non-hydrogen) atoms. The lowest BCUT2D eigenvalue weighted by molar-refractivity contribution is 0.393. The van der Waals surface area contributed by atoms with E-state index in [2.05, 4.69) is 45.1 Å². The van der Waals surface area contributed by atoms with E-state index >= 15 is 0 Å². The summed E-state index contributed by atoms with van der Waals surface area (Å²) in [7, 11) is 0. The van der Waals surface area contributed by atoms with Gasteiger partial charge >= 0.3 is 0 Å². The summed E-state index contributed by atoms with van der Waals surface area (Å²) in [6.45, 7) is 3.32. The topological polar surface area (TPSA) is 54.8 Å². The molecule has 0 radical (unpaired) electrons. The molecule has 2 N–H and O–H groups in total. The average Bonchev–Trinajstić information content (AvgIpc) is 3.01. The zero-order chi connectivity index (χ0) is 12.9. The first-order valence-electron chi connectivity index (χ1n) is 6.81. The quantitative estimate of drug-likeness (QED) is 0.875. The molecule has 1 unspecified atom stereocenters. The minimum absolute atomic E-state index is 0.729. The molecule has 1 atom stereocenters. The lowest BCUT2D eigenvalue weighted by Gasteiger charge is -2.23. The van der Waals surface area contributed by atoms with E-state index in [0.29, 0.717) is 0 Å². The zero-order valence-electron chi connectivity index (χ0n) is 10.9. The number of aromatic nitrogens is 3.